The van der Waals surface area contributed by atoms with Crippen LogP contribution in [0.2, 0.25) is 18.1 Å². The van der Waals surface area contributed by atoms with Gasteiger partial charge >= 0.3 is 0 Å². The smallest absolute Gasteiger partial charge is 0.282 e. The SMILES string of the molecule is CC(C)(C)[Si](C)(C)OCC1CCC(=O)N1C(=O)c1ccccc1[N+](=O)[O-]. The Morgan fingerprint density at radius 1 is 1.35 bits per heavy atom. The second kappa shape index (κ2) is 7.28. The average Bonchev–Trinajstić information content (AvgIpc) is 2.92. The summed E-state index contributed by atoms with van der Waals surface area (Å²) in [5.74, 6) is -0.930. The zero-order chi connectivity index (χ0) is 19.7. The van der Waals surface area contributed by atoms with Crippen LogP contribution in [0.5, 0.6) is 0 Å². The fraction of sp³-hybridized carbons (Fsp3) is 0.556. The van der Waals surface area contributed by atoms with Gasteiger partial charge in [0.15, 0.2) is 8.32 Å². The minimum absolute atomic E-state index is 0.0165. The summed E-state index contributed by atoms with van der Waals surface area (Å²) in [7, 11) is -2.02. The Bertz CT molecular complexity index is 727. The lowest BCUT2D eigenvalue weighted by Gasteiger charge is -2.37. The first-order valence-electron chi connectivity index (χ1n) is 8.69. The zero-order valence-electron chi connectivity index (χ0n) is 15.9. The lowest BCUT2D eigenvalue weighted by atomic mass is 10.1. The molecule has 2 amide bonds. The molecule has 0 aliphatic carbocycles. The Kier molecular flexibility index (Phi) is 5.67. The maximum absolute atomic E-state index is 12.9. The van der Waals surface area contributed by atoms with Crippen molar-refractivity contribution < 1.29 is 18.9 Å². The van der Waals surface area contributed by atoms with Crippen LogP contribution >= 0.6 is 0 Å². The molecule has 0 bridgehead atoms. The van der Waals surface area contributed by atoms with Crippen LogP contribution in [0.25, 0.3) is 0 Å². The maximum atomic E-state index is 12.9. The number of carbonyl (C=O) groups excluding carboxylic acids is 2. The van der Waals surface area contributed by atoms with Crippen molar-refractivity contribution in [3.63, 3.8) is 0 Å². The van der Waals surface area contributed by atoms with Crippen molar-refractivity contribution in [1.29, 1.82) is 0 Å². The van der Waals surface area contributed by atoms with Gasteiger partial charge in [0.1, 0.15) is 5.56 Å². The molecule has 1 atom stereocenters. The molecule has 1 saturated heterocycles. The van der Waals surface area contributed by atoms with Crippen molar-refractivity contribution in [3.05, 3.63) is 39.9 Å². The van der Waals surface area contributed by atoms with E-state index in [1.165, 1.54) is 18.2 Å². The minimum Gasteiger partial charge on any atom is -0.415 e. The van der Waals surface area contributed by atoms with Crippen molar-refractivity contribution in [2.24, 2.45) is 0 Å². The molecule has 0 aromatic heterocycles. The van der Waals surface area contributed by atoms with Crippen molar-refractivity contribution in [2.45, 2.75) is 57.8 Å². The Morgan fingerprint density at radius 2 is 1.96 bits per heavy atom. The number of amides is 2. The maximum Gasteiger partial charge on any atom is 0.282 e. The Balaban J connectivity index is 2.23. The van der Waals surface area contributed by atoms with E-state index in [1.807, 2.05) is 0 Å². The highest BCUT2D eigenvalue weighted by molar-refractivity contribution is 6.74. The molecule has 1 aliphatic rings. The minimum atomic E-state index is -2.02. The van der Waals surface area contributed by atoms with Crippen molar-refractivity contribution in [1.82, 2.24) is 4.90 Å². The van der Waals surface area contributed by atoms with E-state index < -0.39 is 19.1 Å². The quantitative estimate of drug-likeness (QED) is 0.337. The molecule has 7 nitrogen and oxygen atoms in total. The molecule has 0 N–H and O–H groups in total. The molecule has 0 saturated carbocycles. The molecule has 142 valence electrons. The van der Waals surface area contributed by atoms with Crippen LogP contribution < -0.4 is 0 Å². The van der Waals surface area contributed by atoms with Gasteiger partial charge in [-0.05, 0) is 30.6 Å². The topological polar surface area (TPSA) is 89.8 Å². The monoisotopic (exact) mass is 378 g/mol. The molecule has 1 fully saturated rings. The highest BCUT2D eigenvalue weighted by Crippen LogP contribution is 2.37. The number of nitrogens with zero attached hydrogens (tertiary/aromatic N) is 2. The highest BCUT2D eigenvalue weighted by Gasteiger charge is 2.42. The van der Waals surface area contributed by atoms with Gasteiger partial charge in [-0.25, -0.2) is 0 Å². The molecular weight excluding hydrogens is 352 g/mol. The number of hydrogen-bond acceptors (Lipinski definition) is 5. The van der Waals surface area contributed by atoms with Crippen LogP contribution in [0.1, 0.15) is 44.0 Å². The summed E-state index contributed by atoms with van der Waals surface area (Å²) < 4.78 is 6.18. The summed E-state index contributed by atoms with van der Waals surface area (Å²) in [4.78, 5) is 36.9. The van der Waals surface area contributed by atoms with Crippen LogP contribution in [0.15, 0.2) is 24.3 Å². The molecule has 1 aromatic rings. The number of benzene rings is 1. The fourth-order valence-electron chi connectivity index (χ4n) is 2.64. The van der Waals surface area contributed by atoms with E-state index in [-0.39, 0.29) is 41.3 Å². The molecule has 2 rings (SSSR count). The molecule has 0 radical (unpaired) electrons. The van der Waals surface area contributed by atoms with E-state index in [0.717, 1.165) is 4.90 Å². The summed E-state index contributed by atoms with van der Waals surface area (Å²) in [5, 5.41) is 11.2. The second-order valence-electron chi connectivity index (χ2n) is 8.11. The van der Waals surface area contributed by atoms with E-state index in [1.54, 1.807) is 6.07 Å². The first-order chi connectivity index (χ1) is 12.0. The molecular formula is C18H26N2O5Si. The second-order valence-corrected chi connectivity index (χ2v) is 12.9. The third-order valence-electron chi connectivity index (χ3n) is 5.32. The number of rotatable bonds is 5. The fourth-order valence-corrected chi connectivity index (χ4v) is 3.69. The summed E-state index contributed by atoms with van der Waals surface area (Å²) >= 11 is 0. The van der Waals surface area contributed by atoms with Gasteiger partial charge in [0.25, 0.3) is 11.6 Å². The van der Waals surface area contributed by atoms with Gasteiger partial charge < -0.3 is 4.43 Å². The third-order valence-corrected chi connectivity index (χ3v) is 9.82. The largest absolute Gasteiger partial charge is 0.415 e. The summed E-state index contributed by atoms with van der Waals surface area (Å²) in [6.07, 6.45) is 0.762. The number of hydrogen-bond donors (Lipinski definition) is 0. The van der Waals surface area contributed by atoms with Crippen LogP contribution in [0.4, 0.5) is 5.69 Å². The van der Waals surface area contributed by atoms with Gasteiger partial charge in [0, 0.05) is 12.5 Å². The van der Waals surface area contributed by atoms with E-state index >= 15 is 0 Å². The number of nitro groups is 1. The van der Waals surface area contributed by atoms with Crippen LogP contribution in [0, 0.1) is 10.1 Å². The van der Waals surface area contributed by atoms with Crippen molar-refractivity contribution in [2.75, 3.05) is 6.61 Å². The van der Waals surface area contributed by atoms with Crippen LogP contribution in [-0.2, 0) is 9.22 Å². The molecule has 1 aromatic carbocycles. The summed E-state index contributed by atoms with van der Waals surface area (Å²) in [6.45, 7) is 10.9. The van der Waals surface area contributed by atoms with Crippen molar-refractivity contribution in [3.8, 4) is 0 Å². The Morgan fingerprint density at radius 3 is 2.54 bits per heavy atom. The zero-order valence-corrected chi connectivity index (χ0v) is 16.9. The third kappa shape index (κ3) is 4.02. The molecule has 1 aliphatic heterocycles. The molecule has 8 heteroatoms. The molecule has 1 heterocycles. The molecule has 26 heavy (non-hydrogen) atoms. The van der Waals surface area contributed by atoms with Crippen LogP contribution in [0.3, 0.4) is 0 Å². The van der Waals surface area contributed by atoms with E-state index in [9.17, 15) is 19.7 Å². The predicted molar refractivity (Wildman–Crippen MR) is 100 cm³/mol. The number of carbonyl (C=O) groups is 2. The van der Waals surface area contributed by atoms with Gasteiger partial charge in [-0.3, -0.25) is 24.6 Å². The first-order valence-corrected chi connectivity index (χ1v) is 11.6. The lowest BCUT2D eigenvalue weighted by molar-refractivity contribution is -0.385. The number of likely N-dealkylation sites (tertiary alicyclic amines) is 1. The predicted octanol–water partition coefficient (Wildman–Crippen LogP) is 3.75. The molecule has 1 unspecified atom stereocenters. The van der Waals surface area contributed by atoms with Gasteiger partial charge in [-0.2, -0.15) is 0 Å². The van der Waals surface area contributed by atoms with Gasteiger partial charge in [-0.1, -0.05) is 32.9 Å². The van der Waals surface area contributed by atoms with E-state index in [4.69, 9.17) is 4.43 Å². The van der Waals surface area contributed by atoms with Gasteiger partial charge in [-0.15, -0.1) is 0 Å². The number of nitro benzene ring substituents is 1. The molecule has 0 spiro atoms. The summed E-state index contributed by atoms with van der Waals surface area (Å²) in [5.41, 5.74) is -0.355. The normalized spacial score (nSPS) is 18.3. The number of para-hydroxylation sites is 1. The van der Waals surface area contributed by atoms with Crippen molar-refractivity contribution >= 4 is 25.8 Å². The standard InChI is InChI=1S/C18H26N2O5Si/c1-18(2,3)26(4,5)25-12-13-10-11-16(21)19(13)17(22)14-8-6-7-9-15(14)20(23)24/h6-9,13H,10-12H2,1-5H3. The Labute approximate surface area is 154 Å². The highest BCUT2D eigenvalue weighted by atomic mass is 28.4. The lowest BCUT2D eigenvalue weighted by Crippen LogP contribution is -2.47. The van der Waals surface area contributed by atoms with E-state index in [2.05, 4.69) is 33.9 Å². The average molecular weight is 379 g/mol. The van der Waals surface area contributed by atoms with Gasteiger partial charge in [0.05, 0.1) is 17.6 Å². The summed E-state index contributed by atoms with van der Waals surface area (Å²) in [6, 6.07) is 5.33. The van der Waals surface area contributed by atoms with E-state index in [0.29, 0.717) is 6.42 Å². The number of imide groups is 1. The Hall–Kier alpha value is -2.06. The van der Waals surface area contributed by atoms with Crippen LogP contribution in [-0.4, -0.2) is 42.6 Å². The van der Waals surface area contributed by atoms with Gasteiger partial charge in [0.2, 0.25) is 5.91 Å². The first kappa shape index (κ1) is 20.3.